The van der Waals surface area contributed by atoms with Gasteiger partial charge < -0.3 is 5.73 Å². The van der Waals surface area contributed by atoms with E-state index in [-0.39, 0.29) is 0 Å². The van der Waals surface area contributed by atoms with Crippen LogP contribution in [-0.2, 0) is 24.2 Å². The maximum atomic E-state index is 12.0. The zero-order valence-corrected chi connectivity index (χ0v) is 19.5. The summed E-state index contributed by atoms with van der Waals surface area (Å²) in [5, 5.41) is 10.9. The summed E-state index contributed by atoms with van der Waals surface area (Å²) in [6.45, 7) is 13.0. The van der Waals surface area contributed by atoms with Gasteiger partial charge in [-0.05, 0) is 49.1 Å². The summed E-state index contributed by atoms with van der Waals surface area (Å²) in [5.41, 5.74) is 6.76. The quantitative estimate of drug-likeness (QED) is 0.514. The highest BCUT2D eigenvalue weighted by atomic mass is 32.2. The lowest BCUT2D eigenvalue weighted by molar-refractivity contribution is -0.119. The van der Waals surface area contributed by atoms with E-state index in [0.717, 1.165) is 23.5 Å². The van der Waals surface area contributed by atoms with E-state index >= 15 is 0 Å². The number of aryl methyl sites for hydroxylation is 1. The number of amides is 3. The highest BCUT2D eigenvalue weighted by Crippen LogP contribution is 2.42. The summed E-state index contributed by atoms with van der Waals surface area (Å²) in [6, 6.07) is 1.39. The van der Waals surface area contributed by atoms with Gasteiger partial charge in [0.05, 0.1) is 10.1 Å². The third-order valence-corrected chi connectivity index (χ3v) is 7.77. The summed E-state index contributed by atoms with van der Waals surface area (Å²) in [4.78, 5) is 25.5. The predicted octanol–water partition coefficient (Wildman–Crippen LogP) is 4.02. The van der Waals surface area contributed by atoms with Crippen LogP contribution in [0.4, 0.5) is 4.79 Å². The Morgan fingerprint density at radius 1 is 1.47 bits per heavy atom. The first-order valence-electron chi connectivity index (χ1n) is 10.0. The van der Waals surface area contributed by atoms with Crippen LogP contribution in [0.25, 0.3) is 10.7 Å². The molecule has 0 saturated heterocycles. The predicted molar refractivity (Wildman–Crippen MR) is 122 cm³/mol. The van der Waals surface area contributed by atoms with Crippen molar-refractivity contribution in [3.8, 4) is 10.7 Å². The number of carbonyl (C=O) groups excluding carboxylic acids is 2. The van der Waals surface area contributed by atoms with E-state index in [1.165, 1.54) is 28.6 Å². The maximum absolute atomic E-state index is 12.0. The number of thioether (sulfide) groups is 1. The second-order valence-corrected chi connectivity index (χ2v) is 11.1. The van der Waals surface area contributed by atoms with Crippen molar-refractivity contribution in [3.63, 3.8) is 0 Å². The summed E-state index contributed by atoms with van der Waals surface area (Å²) in [7, 11) is 0. The number of hydrogen-bond acceptors (Lipinski definition) is 6. The molecule has 9 heteroatoms. The van der Waals surface area contributed by atoms with Crippen molar-refractivity contribution in [1.82, 2.24) is 20.1 Å². The molecule has 3 rings (SSSR count). The van der Waals surface area contributed by atoms with Crippen LogP contribution in [-0.4, -0.2) is 32.0 Å². The lowest BCUT2D eigenvalue weighted by Crippen LogP contribution is -2.39. The third-order valence-electron chi connectivity index (χ3n) is 5.45. The summed E-state index contributed by atoms with van der Waals surface area (Å²) in [6.07, 6.45) is 5.19. The van der Waals surface area contributed by atoms with Gasteiger partial charge in [0, 0.05) is 11.4 Å². The van der Waals surface area contributed by atoms with Gasteiger partial charge in [-0.3, -0.25) is 14.7 Å². The molecule has 0 aromatic carbocycles. The van der Waals surface area contributed by atoms with E-state index in [2.05, 4.69) is 48.9 Å². The smallest absolute Gasteiger partial charge is 0.318 e. The number of primary amides is 1. The van der Waals surface area contributed by atoms with Gasteiger partial charge in [-0.25, -0.2) is 4.79 Å². The molecule has 0 saturated carbocycles. The molecule has 3 amide bonds. The van der Waals surface area contributed by atoms with Crippen molar-refractivity contribution in [3.05, 3.63) is 29.2 Å². The number of hydrogen-bond donors (Lipinski definition) is 2. The molecule has 2 heterocycles. The van der Waals surface area contributed by atoms with Gasteiger partial charge in [-0.15, -0.1) is 28.1 Å². The number of allylic oxidation sites excluding steroid dienone is 1. The Labute approximate surface area is 185 Å². The molecule has 2 atom stereocenters. The summed E-state index contributed by atoms with van der Waals surface area (Å²) >= 11 is 3.02. The average molecular weight is 448 g/mol. The minimum Gasteiger partial charge on any atom is -0.351 e. The van der Waals surface area contributed by atoms with Gasteiger partial charge in [-0.2, -0.15) is 0 Å². The SMILES string of the molecule is C=CCn1c(S[C@H](C)C(=O)NC(N)=O)nnc1-c1cc2c(s1)CC[C@H](C(C)(C)C)C2. The zero-order valence-electron chi connectivity index (χ0n) is 17.9. The molecule has 0 fully saturated rings. The number of imide groups is 1. The average Bonchev–Trinajstić information content (AvgIpc) is 3.24. The topological polar surface area (TPSA) is 103 Å². The lowest BCUT2D eigenvalue weighted by atomic mass is 9.72. The number of fused-ring (bicyclic) bond motifs is 1. The largest absolute Gasteiger partial charge is 0.351 e. The van der Waals surface area contributed by atoms with Crippen LogP contribution >= 0.6 is 23.1 Å². The van der Waals surface area contributed by atoms with E-state index in [1.54, 1.807) is 24.3 Å². The Kier molecular flexibility index (Phi) is 6.71. The third kappa shape index (κ3) is 4.95. The van der Waals surface area contributed by atoms with Crippen molar-refractivity contribution in [2.75, 3.05) is 0 Å². The van der Waals surface area contributed by atoms with Crippen molar-refractivity contribution in [1.29, 1.82) is 0 Å². The molecular weight excluding hydrogens is 418 g/mol. The van der Waals surface area contributed by atoms with Crippen LogP contribution in [0.1, 0.15) is 44.6 Å². The standard InChI is InChI=1S/C21H29N5O2S2/c1-6-9-26-17(24-25-20(26)29-12(2)18(27)23-19(22)28)16-11-13-10-14(21(3,4)5)7-8-15(13)30-16/h6,11-12,14H,1,7-10H2,2-5H3,(H3,22,23,27,28)/t12-,14+/m1/s1. The fraction of sp³-hybridized carbons (Fsp3) is 0.524. The number of rotatable bonds is 6. The molecule has 0 spiro atoms. The van der Waals surface area contributed by atoms with Crippen LogP contribution < -0.4 is 11.1 Å². The van der Waals surface area contributed by atoms with Gasteiger partial charge in [0.15, 0.2) is 11.0 Å². The number of nitrogens with two attached hydrogens (primary N) is 1. The van der Waals surface area contributed by atoms with Crippen molar-refractivity contribution in [2.45, 2.75) is 63.9 Å². The van der Waals surface area contributed by atoms with Crippen molar-refractivity contribution >= 4 is 35.0 Å². The molecule has 1 aliphatic carbocycles. The second kappa shape index (κ2) is 8.93. The molecule has 0 unspecified atom stereocenters. The number of carbonyl (C=O) groups is 2. The van der Waals surface area contributed by atoms with Crippen LogP contribution in [0, 0.1) is 11.3 Å². The fourth-order valence-electron chi connectivity index (χ4n) is 3.66. The fourth-order valence-corrected chi connectivity index (χ4v) is 5.72. The Morgan fingerprint density at radius 2 is 2.20 bits per heavy atom. The molecule has 30 heavy (non-hydrogen) atoms. The van der Waals surface area contributed by atoms with E-state index in [4.69, 9.17) is 5.73 Å². The number of aromatic nitrogens is 3. The van der Waals surface area contributed by atoms with Gasteiger partial charge in [0.1, 0.15) is 0 Å². The lowest BCUT2D eigenvalue weighted by Gasteiger charge is -2.33. The van der Waals surface area contributed by atoms with E-state index < -0.39 is 17.2 Å². The van der Waals surface area contributed by atoms with Gasteiger partial charge in [0.2, 0.25) is 5.91 Å². The minimum atomic E-state index is -0.863. The Morgan fingerprint density at radius 3 is 2.83 bits per heavy atom. The zero-order chi connectivity index (χ0) is 22.1. The first kappa shape index (κ1) is 22.6. The maximum Gasteiger partial charge on any atom is 0.318 e. The number of nitrogens with zero attached hydrogens (tertiary/aromatic N) is 3. The molecular formula is C21H29N5O2S2. The van der Waals surface area contributed by atoms with E-state index in [9.17, 15) is 9.59 Å². The Bertz CT molecular complexity index is 957. The Hall–Kier alpha value is -2.13. The number of nitrogens with one attached hydrogen (secondary N) is 1. The van der Waals surface area contributed by atoms with Crippen LogP contribution in [0.5, 0.6) is 0 Å². The minimum absolute atomic E-state index is 0.300. The highest BCUT2D eigenvalue weighted by Gasteiger charge is 2.30. The molecule has 162 valence electrons. The monoisotopic (exact) mass is 447 g/mol. The van der Waals surface area contributed by atoms with Crippen LogP contribution in [0.2, 0.25) is 0 Å². The molecule has 2 aromatic heterocycles. The molecule has 7 nitrogen and oxygen atoms in total. The van der Waals surface area contributed by atoms with E-state index in [1.807, 2.05) is 4.57 Å². The Balaban J connectivity index is 1.86. The summed E-state index contributed by atoms with van der Waals surface area (Å²) in [5.74, 6) is 1.00. The number of thiophene rings is 1. The van der Waals surface area contributed by atoms with Gasteiger partial charge in [0.25, 0.3) is 0 Å². The first-order valence-corrected chi connectivity index (χ1v) is 11.7. The van der Waals surface area contributed by atoms with Crippen LogP contribution in [0.15, 0.2) is 23.9 Å². The van der Waals surface area contributed by atoms with Crippen LogP contribution in [0.3, 0.4) is 0 Å². The molecule has 0 aliphatic heterocycles. The number of urea groups is 1. The highest BCUT2D eigenvalue weighted by molar-refractivity contribution is 8.00. The first-order chi connectivity index (χ1) is 14.1. The van der Waals surface area contributed by atoms with Gasteiger partial charge in [-0.1, -0.05) is 38.6 Å². The van der Waals surface area contributed by atoms with E-state index in [0.29, 0.717) is 23.0 Å². The van der Waals surface area contributed by atoms with Crippen molar-refractivity contribution < 1.29 is 9.59 Å². The normalized spacial score (nSPS) is 17.3. The van der Waals surface area contributed by atoms with Gasteiger partial charge >= 0.3 is 6.03 Å². The molecule has 1 aliphatic rings. The molecule has 3 N–H and O–H groups in total. The summed E-state index contributed by atoms with van der Waals surface area (Å²) < 4.78 is 1.96. The molecule has 2 aromatic rings. The molecule has 0 radical (unpaired) electrons. The second-order valence-electron chi connectivity index (χ2n) is 8.68. The van der Waals surface area contributed by atoms with Crippen molar-refractivity contribution in [2.24, 2.45) is 17.1 Å². The molecule has 0 bridgehead atoms.